The van der Waals surface area contributed by atoms with E-state index in [-0.39, 0.29) is 42.0 Å². The number of aryl methyl sites for hydroxylation is 1. The van der Waals surface area contributed by atoms with E-state index >= 15 is 0 Å². The smallest absolute Gasteiger partial charge is 0.313 e. The summed E-state index contributed by atoms with van der Waals surface area (Å²) >= 11 is 0. The molecule has 4 fully saturated rings. The van der Waals surface area contributed by atoms with Gasteiger partial charge in [-0.2, -0.15) is 0 Å². The molecule has 3 saturated heterocycles. The SMILES string of the molecule is Cc1c(O)cc2c3c1C1OC4C5OC(=O)C(CC2)(C4C)C3C15. The molecule has 1 saturated carbocycles. The molecule has 4 heteroatoms. The van der Waals surface area contributed by atoms with Crippen LogP contribution < -0.4 is 0 Å². The number of aromatic hydroxyl groups is 1. The minimum atomic E-state index is -0.402. The summed E-state index contributed by atoms with van der Waals surface area (Å²) in [7, 11) is 0. The van der Waals surface area contributed by atoms with Gasteiger partial charge in [0.25, 0.3) is 0 Å². The third kappa shape index (κ3) is 0.913. The Hall–Kier alpha value is -1.55. The van der Waals surface area contributed by atoms with Gasteiger partial charge in [0, 0.05) is 17.8 Å². The summed E-state index contributed by atoms with van der Waals surface area (Å²) in [6, 6.07) is 1.91. The van der Waals surface area contributed by atoms with Crippen molar-refractivity contribution in [3.63, 3.8) is 0 Å². The molecule has 7 atom stereocenters. The van der Waals surface area contributed by atoms with Gasteiger partial charge in [-0.3, -0.25) is 4.79 Å². The van der Waals surface area contributed by atoms with Crippen LogP contribution in [0.2, 0.25) is 0 Å². The second-order valence-electron chi connectivity index (χ2n) is 7.78. The van der Waals surface area contributed by atoms with Gasteiger partial charge in [-0.15, -0.1) is 0 Å². The fourth-order valence-corrected chi connectivity index (χ4v) is 6.45. The number of esters is 1. The van der Waals surface area contributed by atoms with Crippen molar-refractivity contribution in [1.82, 2.24) is 0 Å². The van der Waals surface area contributed by atoms with Crippen molar-refractivity contribution in [1.29, 1.82) is 0 Å². The molecule has 0 aromatic heterocycles. The first-order valence-electron chi connectivity index (χ1n) is 8.27. The van der Waals surface area contributed by atoms with Crippen LogP contribution in [0.1, 0.15) is 47.6 Å². The predicted molar refractivity (Wildman–Crippen MR) is 76.5 cm³/mol. The van der Waals surface area contributed by atoms with Gasteiger partial charge in [-0.05, 0) is 48.1 Å². The lowest BCUT2D eigenvalue weighted by Gasteiger charge is -2.57. The lowest BCUT2D eigenvalue weighted by atomic mass is 9.49. The number of benzene rings is 1. The Bertz CT molecular complexity index is 769. The van der Waals surface area contributed by atoms with Crippen molar-refractivity contribution in [3.05, 3.63) is 28.3 Å². The highest BCUT2D eigenvalue weighted by Gasteiger charge is 2.76. The van der Waals surface area contributed by atoms with Crippen molar-refractivity contribution in [2.24, 2.45) is 17.3 Å². The molecule has 0 radical (unpaired) electrons. The molecule has 1 aromatic carbocycles. The maximum atomic E-state index is 12.8. The molecule has 7 unspecified atom stereocenters. The highest BCUT2D eigenvalue weighted by Crippen LogP contribution is 2.74. The number of rotatable bonds is 0. The van der Waals surface area contributed by atoms with Crippen LogP contribution in [-0.4, -0.2) is 23.3 Å². The molecule has 0 amide bonds. The minimum absolute atomic E-state index is 0.00336. The van der Waals surface area contributed by atoms with E-state index in [1.807, 2.05) is 13.0 Å². The second kappa shape index (κ2) is 3.21. The third-order valence-electron chi connectivity index (χ3n) is 7.36. The first kappa shape index (κ1) is 11.9. The van der Waals surface area contributed by atoms with Crippen LogP contribution in [0.4, 0.5) is 0 Å². The van der Waals surface area contributed by atoms with E-state index in [9.17, 15) is 9.90 Å². The van der Waals surface area contributed by atoms with Crippen molar-refractivity contribution in [3.8, 4) is 5.75 Å². The Labute approximate surface area is 128 Å². The molecule has 4 bridgehead atoms. The number of fused-ring (bicyclic) bond motifs is 2. The largest absolute Gasteiger partial charge is 0.508 e. The standard InChI is InChI=1S/C18H18O4/c1-6-9(19)5-8-3-4-18-7(2)14-16(22-17(18)20)12-13(18)11(8)10(6)15(12)21-14/h5,7,12-16,19H,3-4H2,1-2H3. The van der Waals surface area contributed by atoms with Gasteiger partial charge >= 0.3 is 5.97 Å². The third-order valence-corrected chi connectivity index (χ3v) is 7.36. The van der Waals surface area contributed by atoms with E-state index in [2.05, 4.69) is 6.92 Å². The number of ether oxygens (including phenoxy) is 2. The lowest BCUT2D eigenvalue weighted by molar-refractivity contribution is -0.215. The Balaban J connectivity index is 1.75. The maximum Gasteiger partial charge on any atom is 0.313 e. The predicted octanol–water partition coefficient (Wildman–Crippen LogP) is 2.36. The molecule has 22 heavy (non-hydrogen) atoms. The van der Waals surface area contributed by atoms with Gasteiger partial charge < -0.3 is 14.6 Å². The zero-order valence-electron chi connectivity index (χ0n) is 12.6. The van der Waals surface area contributed by atoms with Crippen molar-refractivity contribution in [2.45, 2.75) is 50.9 Å². The molecule has 7 rings (SSSR count). The van der Waals surface area contributed by atoms with Crippen LogP contribution in [0.15, 0.2) is 6.07 Å². The number of carbonyl (C=O) groups is 1. The van der Waals surface area contributed by atoms with E-state index in [1.54, 1.807) is 0 Å². The summed E-state index contributed by atoms with van der Waals surface area (Å²) in [6.07, 6.45) is 1.60. The normalized spacial score (nSPS) is 48.7. The fourth-order valence-electron chi connectivity index (χ4n) is 6.45. The monoisotopic (exact) mass is 298 g/mol. The zero-order chi connectivity index (χ0) is 15.0. The van der Waals surface area contributed by atoms with Crippen LogP contribution in [0, 0.1) is 24.2 Å². The molecule has 3 aliphatic carbocycles. The van der Waals surface area contributed by atoms with Gasteiger partial charge in [-0.25, -0.2) is 0 Å². The van der Waals surface area contributed by atoms with Crippen LogP contribution in [0.3, 0.4) is 0 Å². The van der Waals surface area contributed by atoms with E-state index in [4.69, 9.17) is 9.47 Å². The van der Waals surface area contributed by atoms with E-state index in [1.165, 1.54) is 11.1 Å². The van der Waals surface area contributed by atoms with E-state index < -0.39 is 5.41 Å². The van der Waals surface area contributed by atoms with Gasteiger partial charge in [0.05, 0.1) is 17.6 Å². The summed E-state index contributed by atoms with van der Waals surface area (Å²) < 4.78 is 12.2. The first-order chi connectivity index (χ1) is 10.6. The molecular formula is C18H18O4. The summed E-state index contributed by atoms with van der Waals surface area (Å²) in [4.78, 5) is 12.8. The van der Waals surface area contributed by atoms with E-state index in [0.29, 0.717) is 5.75 Å². The van der Waals surface area contributed by atoms with Crippen LogP contribution in [0.5, 0.6) is 5.75 Å². The van der Waals surface area contributed by atoms with Gasteiger partial charge in [-0.1, -0.05) is 6.92 Å². The topological polar surface area (TPSA) is 55.8 Å². The van der Waals surface area contributed by atoms with Crippen molar-refractivity contribution >= 4 is 5.97 Å². The minimum Gasteiger partial charge on any atom is -0.508 e. The summed E-state index contributed by atoms with van der Waals surface area (Å²) in [6.45, 7) is 4.14. The van der Waals surface area contributed by atoms with E-state index in [0.717, 1.165) is 24.0 Å². The molecular weight excluding hydrogens is 280 g/mol. The molecule has 6 aliphatic rings. The average Bonchev–Trinajstić information content (AvgIpc) is 2.99. The highest BCUT2D eigenvalue weighted by atomic mass is 16.6. The Kier molecular flexibility index (Phi) is 1.74. The average molecular weight is 298 g/mol. The summed E-state index contributed by atoms with van der Waals surface area (Å²) in [5.41, 5.74) is 4.21. The first-order valence-corrected chi connectivity index (χ1v) is 8.27. The van der Waals surface area contributed by atoms with Crippen LogP contribution in [-0.2, 0) is 20.7 Å². The number of hydrogen-bond acceptors (Lipinski definition) is 4. The molecule has 4 nitrogen and oxygen atoms in total. The number of carbonyl (C=O) groups excluding carboxylic acids is 1. The molecule has 114 valence electrons. The van der Waals surface area contributed by atoms with Crippen LogP contribution in [0.25, 0.3) is 0 Å². The van der Waals surface area contributed by atoms with Gasteiger partial charge in [0.1, 0.15) is 11.9 Å². The maximum absolute atomic E-state index is 12.8. The Morgan fingerprint density at radius 1 is 1.32 bits per heavy atom. The quantitative estimate of drug-likeness (QED) is 0.747. The Morgan fingerprint density at radius 2 is 2.14 bits per heavy atom. The fraction of sp³-hybridized carbons (Fsp3) is 0.611. The summed E-state index contributed by atoms with van der Waals surface area (Å²) in [5, 5.41) is 10.3. The van der Waals surface area contributed by atoms with Crippen molar-refractivity contribution in [2.75, 3.05) is 0 Å². The van der Waals surface area contributed by atoms with Crippen molar-refractivity contribution < 1.29 is 19.4 Å². The summed E-state index contributed by atoms with van der Waals surface area (Å²) in [5.74, 6) is 1.07. The number of hydrogen-bond donors (Lipinski definition) is 1. The van der Waals surface area contributed by atoms with Gasteiger partial charge in [0.15, 0.2) is 0 Å². The zero-order valence-corrected chi connectivity index (χ0v) is 12.6. The molecule has 3 heterocycles. The molecule has 1 N–H and O–H groups in total. The number of phenols is 1. The molecule has 1 spiro atoms. The number of phenolic OH excluding ortho intramolecular Hbond substituents is 1. The highest BCUT2D eigenvalue weighted by molar-refractivity contribution is 5.84. The molecule has 1 aromatic rings. The Morgan fingerprint density at radius 3 is 2.95 bits per heavy atom. The van der Waals surface area contributed by atoms with Crippen LogP contribution >= 0.6 is 0 Å². The molecule has 3 aliphatic heterocycles. The second-order valence-corrected chi connectivity index (χ2v) is 7.78. The lowest BCUT2D eigenvalue weighted by Crippen LogP contribution is -2.64. The van der Waals surface area contributed by atoms with Gasteiger partial charge in [0.2, 0.25) is 0 Å².